The number of hydrogen-bond acceptors (Lipinski definition) is 4. The van der Waals surface area contributed by atoms with Gasteiger partial charge in [0.1, 0.15) is 23.7 Å². The molecule has 1 aromatic heterocycles. The smallest absolute Gasteiger partial charge is 0.270 e. The van der Waals surface area contributed by atoms with E-state index in [-0.39, 0.29) is 30.0 Å². The first-order valence-corrected chi connectivity index (χ1v) is 7.20. The van der Waals surface area contributed by atoms with Crippen LogP contribution >= 0.6 is 0 Å². The number of aromatic nitrogens is 2. The predicted octanol–water partition coefficient (Wildman–Crippen LogP) is 2.76. The fraction of sp³-hybridized carbons (Fsp3) is 0.312. The lowest BCUT2D eigenvalue weighted by Crippen LogP contribution is -2.25. The van der Waals surface area contributed by atoms with Gasteiger partial charge in [0.25, 0.3) is 5.91 Å². The van der Waals surface area contributed by atoms with Gasteiger partial charge in [-0.2, -0.15) is 0 Å². The van der Waals surface area contributed by atoms with E-state index in [0.29, 0.717) is 11.4 Å². The average Bonchev–Trinajstić information content (AvgIpc) is 2.54. The van der Waals surface area contributed by atoms with Crippen molar-refractivity contribution in [2.24, 2.45) is 0 Å². The van der Waals surface area contributed by atoms with Crippen molar-refractivity contribution in [3.8, 4) is 0 Å². The predicted molar refractivity (Wildman–Crippen MR) is 83.0 cm³/mol. The molecule has 6 heteroatoms. The normalized spacial score (nSPS) is 11.8. The summed E-state index contributed by atoms with van der Waals surface area (Å²) >= 11 is 0. The third kappa shape index (κ3) is 4.25. The zero-order valence-electron chi connectivity index (χ0n) is 12.6. The van der Waals surface area contributed by atoms with Gasteiger partial charge in [-0.1, -0.05) is 25.1 Å². The summed E-state index contributed by atoms with van der Waals surface area (Å²) < 4.78 is 13.5. The third-order valence-corrected chi connectivity index (χ3v) is 3.30. The van der Waals surface area contributed by atoms with Crippen LogP contribution in [0.15, 0.2) is 36.7 Å². The summed E-state index contributed by atoms with van der Waals surface area (Å²) in [7, 11) is 0. The Bertz CT molecular complexity index is 648. The Morgan fingerprint density at radius 1 is 1.32 bits per heavy atom. The van der Waals surface area contributed by atoms with E-state index in [1.165, 1.54) is 12.4 Å². The molecule has 1 atom stereocenters. The monoisotopic (exact) mass is 302 g/mol. The van der Waals surface area contributed by atoms with E-state index >= 15 is 0 Å². The number of amides is 1. The summed E-state index contributed by atoms with van der Waals surface area (Å²) in [5.74, 6) is -0.108. The highest BCUT2D eigenvalue weighted by molar-refractivity contribution is 5.92. The fourth-order valence-electron chi connectivity index (χ4n) is 1.82. The molecule has 2 N–H and O–H groups in total. The van der Waals surface area contributed by atoms with Crippen LogP contribution in [0.5, 0.6) is 0 Å². The first-order valence-electron chi connectivity index (χ1n) is 7.20. The minimum atomic E-state index is -0.363. The first-order chi connectivity index (χ1) is 10.6. The standard InChI is InChI=1S/C16H19FN4O/c1-3-11(2)21-15-8-14(19-10-20-15)16(22)18-9-12-6-4-5-7-13(12)17/h4-8,10-11H,3,9H2,1-2H3,(H,18,22)(H,19,20,21). The van der Waals surface area contributed by atoms with Crippen LogP contribution in [0, 0.1) is 5.82 Å². The minimum Gasteiger partial charge on any atom is -0.368 e. The summed E-state index contributed by atoms with van der Waals surface area (Å²) in [6, 6.07) is 8.17. The van der Waals surface area contributed by atoms with Gasteiger partial charge in [0.2, 0.25) is 0 Å². The van der Waals surface area contributed by atoms with Crippen molar-refractivity contribution in [2.75, 3.05) is 5.32 Å². The fourth-order valence-corrected chi connectivity index (χ4v) is 1.82. The molecule has 0 saturated carbocycles. The molecule has 0 radical (unpaired) electrons. The summed E-state index contributed by atoms with van der Waals surface area (Å²) in [5, 5.41) is 5.83. The molecule has 0 bridgehead atoms. The van der Waals surface area contributed by atoms with Gasteiger partial charge < -0.3 is 10.6 Å². The van der Waals surface area contributed by atoms with Crippen molar-refractivity contribution < 1.29 is 9.18 Å². The molecule has 0 aliphatic rings. The molecule has 1 unspecified atom stereocenters. The highest BCUT2D eigenvalue weighted by Crippen LogP contribution is 2.09. The molecule has 1 aromatic carbocycles. The Morgan fingerprint density at radius 2 is 2.09 bits per heavy atom. The molecule has 0 spiro atoms. The van der Waals surface area contributed by atoms with E-state index in [1.54, 1.807) is 24.3 Å². The van der Waals surface area contributed by atoms with Gasteiger partial charge in [-0.3, -0.25) is 4.79 Å². The number of hydrogen-bond donors (Lipinski definition) is 2. The van der Waals surface area contributed by atoms with Crippen molar-refractivity contribution in [1.29, 1.82) is 0 Å². The van der Waals surface area contributed by atoms with Gasteiger partial charge in [-0.05, 0) is 19.4 Å². The van der Waals surface area contributed by atoms with Crippen molar-refractivity contribution in [2.45, 2.75) is 32.9 Å². The second-order valence-electron chi connectivity index (χ2n) is 5.02. The molecule has 0 aliphatic carbocycles. The van der Waals surface area contributed by atoms with Crippen molar-refractivity contribution in [1.82, 2.24) is 15.3 Å². The molecular weight excluding hydrogens is 283 g/mol. The summed E-state index contributed by atoms with van der Waals surface area (Å²) in [6.45, 7) is 4.20. The zero-order valence-corrected chi connectivity index (χ0v) is 12.6. The van der Waals surface area contributed by atoms with Crippen LogP contribution in [0.3, 0.4) is 0 Å². The second-order valence-corrected chi connectivity index (χ2v) is 5.02. The van der Waals surface area contributed by atoms with Crippen LogP contribution in [0.1, 0.15) is 36.3 Å². The number of nitrogens with one attached hydrogen (secondary N) is 2. The van der Waals surface area contributed by atoms with Crippen LogP contribution in [0.4, 0.5) is 10.2 Å². The Hall–Kier alpha value is -2.50. The van der Waals surface area contributed by atoms with Crippen LogP contribution in [0.25, 0.3) is 0 Å². The molecule has 22 heavy (non-hydrogen) atoms. The molecule has 0 aliphatic heterocycles. The molecule has 1 heterocycles. The number of nitrogens with zero attached hydrogens (tertiary/aromatic N) is 2. The Balaban J connectivity index is 2.00. The molecule has 116 valence electrons. The van der Waals surface area contributed by atoms with Crippen LogP contribution in [0.2, 0.25) is 0 Å². The van der Waals surface area contributed by atoms with Crippen LogP contribution in [-0.2, 0) is 6.54 Å². The molecule has 5 nitrogen and oxygen atoms in total. The average molecular weight is 302 g/mol. The minimum absolute atomic E-state index is 0.115. The van der Waals surface area contributed by atoms with Gasteiger partial charge in [0.05, 0.1) is 0 Å². The lowest BCUT2D eigenvalue weighted by molar-refractivity contribution is 0.0945. The van der Waals surface area contributed by atoms with Gasteiger partial charge in [-0.25, -0.2) is 14.4 Å². The van der Waals surface area contributed by atoms with Gasteiger partial charge in [0, 0.05) is 24.2 Å². The third-order valence-electron chi connectivity index (χ3n) is 3.30. The number of rotatable bonds is 6. The highest BCUT2D eigenvalue weighted by Gasteiger charge is 2.10. The maximum absolute atomic E-state index is 13.5. The number of carbonyl (C=O) groups excluding carboxylic acids is 1. The number of carbonyl (C=O) groups is 1. The quantitative estimate of drug-likeness (QED) is 0.861. The van der Waals surface area contributed by atoms with Crippen LogP contribution in [-0.4, -0.2) is 21.9 Å². The molecule has 1 amide bonds. The lowest BCUT2D eigenvalue weighted by Gasteiger charge is -2.12. The summed E-state index contributed by atoms with van der Waals surface area (Å²) in [5.41, 5.74) is 0.681. The number of anilines is 1. The largest absolute Gasteiger partial charge is 0.368 e. The van der Waals surface area contributed by atoms with Gasteiger partial charge >= 0.3 is 0 Å². The topological polar surface area (TPSA) is 66.9 Å². The van der Waals surface area contributed by atoms with E-state index in [1.807, 2.05) is 6.92 Å². The van der Waals surface area contributed by atoms with E-state index in [9.17, 15) is 9.18 Å². The summed E-state index contributed by atoms with van der Waals surface area (Å²) in [4.78, 5) is 20.1. The second kappa shape index (κ2) is 7.49. The Kier molecular flexibility index (Phi) is 5.41. The van der Waals surface area contributed by atoms with E-state index in [4.69, 9.17) is 0 Å². The van der Waals surface area contributed by atoms with E-state index in [0.717, 1.165) is 6.42 Å². The first kappa shape index (κ1) is 15.9. The number of halogens is 1. The van der Waals surface area contributed by atoms with Gasteiger partial charge in [0.15, 0.2) is 0 Å². The van der Waals surface area contributed by atoms with E-state index in [2.05, 4.69) is 27.5 Å². The molecule has 2 aromatic rings. The lowest BCUT2D eigenvalue weighted by atomic mass is 10.2. The van der Waals surface area contributed by atoms with Crippen molar-refractivity contribution in [3.05, 3.63) is 53.7 Å². The highest BCUT2D eigenvalue weighted by atomic mass is 19.1. The Labute approximate surface area is 129 Å². The Morgan fingerprint density at radius 3 is 2.82 bits per heavy atom. The summed E-state index contributed by atoms with van der Waals surface area (Å²) in [6.07, 6.45) is 2.28. The van der Waals surface area contributed by atoms with E-state index < -0.39 is 0 Å². The SMILES string of the molecule is CCC(C)Nc1cc(C(=O)NCc2ccccc2F)ncn1. The van der Waals surface area contributed by atoms with Crippen molar-refractivity contribution in [3.63, 3.8) is 0 Å². The zero-order chi connectivity index (χ0) is 15.9. The van der Waals surface area contributed by atoms with Gasteiger partial charge in [-0.15, -0.1) is 0 Å². The maximum Gasteiger partial charge on any atom is 0.270 e. The van der Waals surface area contributed by atoms with Crippen LogP contribution < -0.4 is 10.6 Å². The number of benzene rings is 1. The molecule has 0 fully saturated rings. The molecule has 0 saturated heterocycles. The van der Waals surface area contributed by atoms with Crippen molar-refractivity contribution >= 4 is 11.7 Å². The maximum atomic E-state index is 13.5. The molecular formula is C16H19FN4O. The molecule has 2 rings (SSSR count).